The molecule has 1 aliphatic rings. The largest absolute Gasteiger partial charge is 0.463 e. The maximum atomic E-state index is 13.1. The van der Waals surface area contributed by atoms with Crippen LogP contribution in [0.1, 0.15) is 45.4 Å². The third kappa shape index (κ3) is 4.93. The predicted octanol–water partition coefficient (Wildman–Crippen LogP) is 2.98. The van der Waals surface area contributed by atoms with Gasteiger partial charge < -0.3 is 10.1 Å². The number of aromatic nitrogens is 2. The molecule has 144 valence electrons. The van der Waals surface area contributed by atoms with Gasteiger partial charge in [-0.3, -0.25) is 9.59 Å². The summed E-state index contributed by atoms with van der Waals surface area (Å²) in [6.45, 7) is 1.86. The summed E-state index contributed by atoms with van der Waals surface area (Å²) in [6.07, 6.45) is 5.27. The van der Waals surface area contributed by atoms with Crippen LogP contribution in [0.25, 0.3) is 5.69 Å². The SMILES string of the molecule is CC[C@H](Oc1ccc(=O)n(-c2ccc(F)cc2)n1)C(=O)NC1CCCCC1. The second kappa shape index (κ2) is 8.79. The summed E-state index contributed by atoms with van der Waals surface area (Å²) >= 11 is 0. The lowest BCUT2D eigenvalue weighted by Gasteiger charge is -2.25. The Kier molecular flexibility index (Phi) is 6.21. The molecular weight excluding hydrogens is 349 g/mol. The lowest BCUT2D eigenvalue weighted by atomic mass is 9.95. The van der Waals surface area contributed by atoms with Gasteiger partial charge in [-0.2, -0.15) is 4.68 Å². The molecule has 1 fully saturated rings. The van der Waals surface area contributed by atoms with Crippen molar-refractivity contribution in [1.82, 2.24) is 15.1 Å². The molecule has 27 heavy (non-hydrogen) atoms. The number of hydrogen-bond donors (Lipinski definition) is 1. The first-order valence-corrected chi connectivity index (χ1v) is 9.40. The summed E-state index contributed by atoms with van der Waals surface area (Å²) in [5.41, 5.74) is 0.0558. The zero-order valence-electron chi connectivity index (χ0n) is 15.4. The Hall–Kier alpha value is -2.70. The number of nitrogens with one attached hydrogen (secondary N) is 1. The Balaban J connectivity index is 1.73. The van der Waals surface area contributed by atoms with Gasteiger partial charge in [0.25, 0.3) is 11.5 Å². The minimum absolute atomic E-state index is 0.161. The molecule has 1 amide bonds. The summed E-state index contributed by atoms with van der Waals surface area (Å²) in [5.74, 6) is -0.389. The number of amides is 1. The Morgan fingerprint density at radius 2 is 1.93 bits per heavy atom. The minimum Gasteiger partial charge on any atom is -0.463 e. The monoisotopic (exact) mass is 373 g/mol. The van der Waals surface area contributed by atoms with Crippen molar-refractivity contribution in [2.24, 2.45) is 0 Å². The highest BCUT2D eigenvalue weighted by molar-refractivity contribution is 5.81. The zero-order chi connectivity index (χ0) is 19.2. The van der Waals surface area contributed by atoms with E-state index >= 15 is 0 Å². The highest BCUT2D eigenvalue weighted by atomic mass is 19.1. The molecule has 0 aliphatic heterocycles. The summed E-state index contributed by atoms with van der Waals surface area (Å²) in [7, 11) is 0. The van der Waals surface area contributed by atoms with Crippen molar-refractivity contribution in [3.63, 3.8) is 0 Å². The molecule has 1 N–H and O–H groups in total. The first kappa shape index (κ1) is 19.1. The van der Waals surface area contributed by atoms with Gasteiger partial charge in [0, 0.05) is 18.2 Å². The van der Waals surface area contributed by atoms with Crippen LogP contribution < -0.4 is 15.6 Å². The topological polar surface area (TPSA) is 73.2 Å². The van der Waals surface area contributed by atoms with Crippen molar-refractivity contribution in [2.45, 2.75) is 57.6 Å². The van der Waals surface area contributed by atoms with Gasteiger partial charge in [-0.1, -0.05) is 26.2 Å². The van der Waals surface area contributed by atoms with Gasteiger partial charge in [0.15, 0.2) is 6.10 Å². The standard InChI is InChI=1S/C20H24FN3O3/c1-2-17(20(26)22-15-6-4-3-5-7-15)27-18-12-13-19(25)24(23-18)16-10-8-14(21)9-11-16/h8-13,15,17H,2-7H2,1H3,(H,22,26)/t17-/m0/s1. The van der Waals surface area contributed by atoms with Crippen LogP contribution in [0.3, 0.4) is 0 Å². The molecule has 3 rings (SSSR count). The van der Waals surface area contributed by atoms with Crippen LogP contribution in [0.15, 0.2) is 41.2 Å². The second-order valence-corrected chi connectivity index (χ2v) is 6.76. The smallest absolute Gasteiger partial charge is 0.271 e. The fraction of sp³-hybridized carbons (Fsp3) is 0.450. The molecule has 0 spiro atoms. The highest BCUT2D eigenvalue weighted by Gasteiger charge is 2.23. The van der Waals surface area contributed by atoms with E-state index in [4.69, 9.17) is 4.74 Å². The van der Waals surface area contributed by atoms with Crippen LogP contribution in [0.2, 0.25) is 0 Å². The highest BCUT2D eigenvalue weighted by Crippen LogP contribution is 2.18. The first-order valence-electron chi connectivity index (χ1n) is 9.40. The third-order valence-corrected chi connectivity index (χ3v) is 4.72. The van der Waals surface area contributed by atoms with Crippen LogP contribution in [-0.2, 0) is 4.79 Å². The van der Waals surface area contributed by atoms with Crippen molar-refractivity contribution in [1.29, 1.82) is 0 Å². The number of carbonyl (C=O) groups excluding carboxylic acids is 1. The van der Waals surface area contributed by atoms with E-state index < -0.39 is 11.9 Å². The molecule has 1 saturated carbocycles. The Bertz CT molecular complexity index is 829. The van der Waals surface area contributed by atoms with Crippen LogP contribution in [0.4, 0.5) is 4.39 Å². The van der Waals surface area contributed by atoms with Gasteiger partial charge in [0.1, 0.15) is 5.82 Å². The lowest BCUT2D eigenvalue weighted by Crippen LogP contribution is -2.44. The van der Waals surface area contributed by atoms with Crippen LogP contribution in [0.5, 0.6) is 5.88 Å². The van der Waals surface area contributed by atoms with Gasteiger partial charge in [0.2, 0.25) is 5.88 Å². The minimum atomic E-state index is -0.682. The molecule has 1 aliphatic carbocycles. The van der Waals surface area contributed by atoms with E-state index in [1.807, 2.05) is 6.92 Å². The number of hydrogen-bond acceptors (Lipinski definition) is 4. The number of nitrogens with zero attached hydrogens (tertiary/aromatic N) is 2. The summed E-state index contributed by atoms with van der Waals surface area (Å²) < 4.78 is 20.0. The fourth-order valence-corrected chi connectivity index (χ4v) is 3.23. The van der Waals surface area contributed by atoms with E-state index in [0.717, 1.165) is 30.4 Å². The maximum absolute atomic E-state index is 13.1. The fourth-order valence-electron chi connectivity index (χ4n) is 3.23. The lowest BCUT2D eigenvalue weighted by molar-refractivity contribution is -0.129. The van der Waals surface area contributed by atoms with E-state index in [0.29, 0.717) is 12.1 Å². The quantitative estimate of drug-likeness (QED) is 0.845. The van der Waals surface area contributed by atoms with E-state index in [-0.39, 0.29) is 23.4 Å². The van der Waals surface area contributed by atoms with Gasteiger partial charge >= 0.3 is 0 Å². The Morgan fingerprint density at radius 1 is 1.22 bits per heavy atom. The number of ether oxygens (including phenoxy) is 1. The number of halogens is 1. The molecule has 2 aromatic rings. The van der Waals surface area contributed by atoms with Crippen molar-refractivity contribution >= 4 is 5.91 Å². The van der Waals surface area contributed by atoms with Crippen LogP contribution in [-0.4, -0.2) is 27.8 Å². The van der Waals surface area contributed by atoms with Crippen molar-refractivity contribution in [2.75, 3.05) is 0 Å². The molecule has 0 saturated heterocycles. The molecule has 0 bridgehead atoms. The Labute approximate surface area is 157 Å². The predicted molar refractivity (Wildman–Crippen MR) is 99.5 cm³/mol. The second-order valence-electron chi connectivity index (χ2n) is 6.76. The van der Waals surface area contributed by atoms with Crippen molar-refractivity contribution in [3.8, 4) is 11.6 Å². The van der Waals surface area contributed by atoms with E-state index in [2.05, 4.69) is 10.4 Å². The third-order valence-electron chi connectivity index (χ3n) is 4.72. The number of benzene rings is 1. The molecule has 1 atom stereocenters. The average molecular weight is 373 g/mol. The van der Waals surface area contributed by atoms with Crippen LogP contribution in [0, 0.1) is 5.82 Å². The van der Waals surface area contributed by atoms with Gasteiger partial charge in [-0.15, -0.1) is 5.10 Å². The van der Waals surface area contributed by atoms with Gasteiger partial charge in [-0.05, 0) is 43.5 Å². The first-order chi connectivity index (χ1) is 13.1. The maximum Gasteiger partial charge on any atom is 0.271 e. The molecule has 0 unspecified atom stereocenters. The van der Waals surface area contributed by atoms with E-state index in [1.54, 1.807) is 0 Å². The summed E-state index contributed by atoms with van der Waals surface area (Å²) in [6, 6.07) is 8.38. The number of carbonyl (C=O) groups is 1. The average Bonchev–Trinajstić information content (AvgIpc) is 2.68. The molecule has 1 heterocycles. The van der Waals surface area contributed by atoms with E-state index in [1.165, 1.54) is 42.8 Å². The Morgan fingerprint density at radius 3 is 2.59 bits per heavy atom. The molecule has 7 heteroatoms. The molecule has 1 aromatic heterocycles. The summed E-state index contributed by atoms with van der Waals surface area (Å²) in [4.78, 5) is 24.6. The molecule has 6 nitrogen and oxygen atoms in total. The van der Waals surface area contributed by atoms with Gasteiger partial charge in [0.05, 0.1) is 5.69 Å². The zero-order valence-corrected chi connectivity index (χ0v) is 15.4. The molecular formula is C20H24FN3O3. The van der Waals surface area contributed by atoms with Gasteiger partial charge in [-0.25, -0.2) is 4.39 Å². The normalized spacial score (nSPS) is 15.9. The molecule has 1 aromatic carbocycles. The number of rotatable bonds is 6. The van der Waals surface area contributed by atoms with Crippen molar-refractivity contribution < 1.29 is 13.9 Å². The van der Waals surface area contributed by atoms with Crippen LogP contribution >= 0.6 is 0 Å². The van der Waals surface area contributed by atoms with Crippen molar-refractivity contribution in [3.05, 3.63) is 52.6 Å². The molecule has 0 radical (unpaired) electrons. The summed E-state index contributed by atoms with van der Waals surface area (Å²) in [5, 5.41) is 7.22. The van der Waals surface area contributed by atoms with E-state index in [9.17, 15) is 14.0 Å².